The molecule has 6 nitrogen and oxygen atoms in total. The number of phenolic OH excluding ortho intramolecular Hbond substituents is 1. The number of hydrogen-bond donors (Lipinski definition) is 3. The topological polar surface area (TPSA) is 73.8 Å². The highest BCUT2D eigenvalue weighted by Crippen LogP contribution is 2.34. The highest BCUT2D eigenvalue weighted by molar-refractivity contribution is 5.91. The van der Waals surface area contributed by atoms with Crippen molar-refractivity contribution in [2.75, 3.05) is 19.5 Å². The van der Waals surface area contributed by atoms with E-state index in [-0.39, 0.29) is 17.8 Å². The standard InChI is InChI=1S/C16H23N3O3/c1-19-11-3-4-12(19)8-10(7-11)17-16(21)18-14-9-13(20)5-6-15(14)22-2/h5-6,9-12,20H,3-4,7-8H2,1-2H3,(H2,17,18,21)/t10?,11-,12+. The zero-order valence-corrected chi connectivity index (χ0v) is 13.0. The van der Waals surface area contributed by atoms with E-state index in [0.717, 1.165) is 12.8 Å². The maximum atomic E-state index is 12.2. The summed E-state index contributed by atoms with van der Waals surface area (Å²) in [6.07, 6.45) is 4.44. The molecule has 3 N–H and O–H groups in total. The summed E-state index contributed by atoms with van der Waals surface area (Å²) < 4.78 is 5.19. The van der Waals surface area contributed by atoms with Crippen LogP contribution in [0.5, 0.6) is 11.5 Å². The zero-order valence-electron chi connectivity index (χ0n) is 13.0. The number of rotatable bonds is 3. The van der Waals surface area contributed by atoms with Crippen molar-refractivity contribution >= 4 is 11.7 Å². The minimum atomic E-state index is -0.252. The summed E-state index contributed by atoms with van der Waals surface area (Å²) in [5.41, 5.74) is 0.468. The fourth-order valence-electron chi connectivity index (χ4n) is 3.67. The van der Waals surface area contributed by atoms with Crippen LogP contribution in [0.4, 0.5) is 10.5 Å². The average Bonchev–Trinajstić information content (AvgIpc) is 2.70. The number of fused-ring (bicyclic) bond motifs is 2. The Hall–Kier alpha value is -1.95. The molecule has 1 unspecified atom stereocenters. The van der Waals surface area contributed by atoms with Gasteiger partial charge in [-0.2, -0.15) is 0 Å². The lowest BCUT2D eigenvalue weighted by atomic mass is 9.98. The molecule has 1 aromatic rings. The van der Waals surface area contributed by atoms with Gasteiger partial charge in [-0.05, 0) is 44.9 Å². The third kappa shape index (κ3) is 2.97. The molecule has 0 saturated carbocycles. The Balaban J connectivity index is 1.60. The molecule has 0 aromatic heterocycles. The van der Waals surface area contributed by atoms with E-state index in [1.165, 1.54) is 32.1 Å². The first-order chi connectivity index (χ1) is 10.6. The van der Waals surface area contributed by atoms with Crippen LogP contribution in [0.3, 0.4) is 0 Å². The van der Waals surface area contributed by atoms with Crippen LogP contribution in [-0.2, 0) is 0 Å². The van der Waals surface area contributed by atoms with Crippen LogP contribution in [-0.4, -0.2) is 48.3 Å². The van der Waals surface area contributed by atoms with Crippen molar-refractivity contribution in [2.45, 2.75) is 43.8 Å². The lowest BCUT2D eigenvalue weighted by Gasteiger charge is -2.36. The third-order valence-corrected chi connectivity index (χ3v) is 4.86. The van der Waals surface area contributed by atoms with Crippen molar-refractivity contribution in [3.05, 3.63) is 18.2 Å². The van der Waals surface area contributed by atoms with E-state index in [0.29, 0.717) is 23.5 Å². The van der Waals surface area contributed by atoms with Crippen LogP contribution in [0.15, 0.2) is 18.2 Å². The first-order valence-corrected chi connectivity index (χ1v) is 7.73. The van der Waals surface area contributed by atoms with E-state index in [9.17, 15) is 9.90 Å². The SMILES string of the molecule is COc1ccc(O)cc1NC(=O)NC1C[C@H]2CC[C@@H](C1)N2C. The number of nitrogens with zero attached hydrogens (tertiary/aromatic N) is 1. The number of carbonyl (C=O) groups is 1. The molecule has 3 atom stereocenters. The number of phenols is 1. The quantitative estimate of drug-likeness (QED) is 0.800. The molecule has 0 aliphatic carbocycles. The molecule has 2 heterocycles. The highest BCUT2D eigenvalue weighted by Gasteiger charge is 2.38. The van der Waals surface area contributed by atoms with Gasteiger partial charge < -0.3 is 25.4 Å². The summed E-state index contributed by atoms with van der Waals surface area (Å²) in [4.78, 5) is 14.6. The molecule has 6 heteroatoms. The van der Waals surface area contributed by atoms with Crippen molar-refractivity contribution in [1.82, 2.24) is 10.2 Å². The summed E-state index contributed by atoms with van der Waals surface area (Å²) in [7, 11) is 3.71. The van der Waals surface area contributed by atoms with Crippen LogP contribution in [0, 0.1) is 0 Å². The van der Waals surface area contributed by atoms with Gasteiger partial charge in [-0.25, -0.2) is 4.79 Å². The van der Waals surface area contributed by atoms with E-state index in [4.69, 9.17) is 4.74 Å². The van der Waals surface area contributed by atoms with Crippen LogP contribution in [0.2, 0.25) is 0 Å². The molecule has 2 aliphatic heterocycles. The number of ether oxygens (including phenoxy) is 1. The number of hydrogen-bond acceptors (Lipinski definition) is 4. The molecule has 1 aromatic carbocycles. The fourth-order valence-corrected chi connectivity index (χ4v) is 3.67. The molecule has 22 heavy (non-hydrogen) atoms. The summed E-state index contributed by atoms with van der Waals surface area (Å²) in [6, 6.07) is 5.75. The van der Waals surface area contributed by atoms with Crippen molar-refractivity contribution in [2.24, 2.45) is 0 Å². The summed E-state index contributed by atoms with van der Waals surface area (Å²) in [6.45, 7) is 0. The molecular weight excluding hydrogens is 282 g/mol. The molecule has 3 rings (SSSR count). The summed E-state index contributed by atoms with van der Waals surface area (Å²) >= 11 is 0. The predicted molar refractivity (Wildman–Crippen MR) is 84.4 cm³/mol. The van der Waals surface area contributed by atoms with Gasteiger partial charge in [0.15, 0.2) is 0 Å². The number of benzene rings is 1. The first-order valence-electron chi connectivity index (χ1n) is 7.73. The largest absolute Gasteiger partial charge is 0.508 e. The zero-order chi connectivity index (χ0) is 15.7. The minimum absolute atomic E-state index is 0.0911. The van der Waals surface area contributed by atoms with Gasteiger partial charge >= 0.3 is 6.03 Å². The van der Waals surface area contributed by atoms with E-state index < -0.39 is 0 Å². The number of amides is 2. The Morgan fingerprint density at radius 2 is 2.00 bits per heavy atom. The number of aromatic hydroxyl groups is 1. The van der Waals surface area contributed by atoms with E-state index in [1.807, 2.05) is 0 Å². The Bertz CT molecular complexity index is 550. The number of nitrogens with one attached hydrogen (secondary N) is 2. The lowest BCUT2D eigenvalue weighted by Crippen LogP contribution is -2.49. The van der Waals surface area contributed by atoms with E-state index in [1.54, 1.807) is 6.07 Å². The normalized spacial score (nSPS) is 27.5. The second-order valence-electron chi connectivity index (χ2n) is 6.20. The van der Waals surface area contributed by atoms with Crippen molar-refractivity contribution < 1.29 is 14.6 Å². The summed E-state index contributed by atoms with van der Waals surface area (Å²) in [5, 5.41) is 15.3. The molecule has 2 aliphatic rings. The number of anilines is 1. The smallest absolute Gasteiger partial charge is 0.319 e. The van der Waals surface area contributed by atoms with Gasteiger partial charge in [0.2, 0.25) is 0 Å². The van der Waals surface area contributed by atoms with Crippen LogP contribution in [0.1, 0.15) is 25.7 Å². The number of urea groups is 1. The molecule has 0 spiro atoms. The van der Waals surface area contributed by atoms with Crippen LogP contribution >= 0.6 is 0 Å². The summed E-state index contributed by atoms with van der Waals surface area (Å²) in [5.74, 6) is 0.616. The van der Waals surface area contributed by atoms with Gasteiger partial charge in [0.05, 0.1) is 12.8 Å². The second-order valence-corrected chi connectivity index (χ2v) is 6.20. The minimum Gasteiger partial charge on any atom is -0.508 e. The van der Waals surface area contributed by atoms with Gasteiger partial charge in [0.1, 0.15) is 11.5 Å². The van der Waals surface area contributed by atoms with Gasteiger partial charge in [-0.3, -0.25) is 0 Å². The Morgan fingerprint density at radius 3 is 2.64 bits per heavy atom. The average molecular weight is 305 g/mol. The van der Waals surface area contributed by atoms with Gasteiger partial charge in [-0.15, -0.1) is 0 Å². The molecule has 2 fully saturated rings. The van der Waals surface area contributed by atoms with E-state index >= 15 is 0 Å². The molecule has 2 bridgehead atoms. The first kappa shape index (κ1) is 15.0. The molecule has 2 amide bonds. The Morgan fingerprint density at radius 1 is 1.32 bits per heavy atom. The second kappa shape index (κ2) is 6.04. The monoisotopic (exact) mass is 305 g/mol. The highest BCUT2D eigenvalue weighted by atomic mass is 16.5. The van der Waals surface area contributed by atoms with Gasteiger partial charge in [-0.1, -0.05) is 0 Å². The van der Waals surface area contributed by atoms with Gasteiger partial charge in [0.25, 0.3) is 0 Å². The molecular formula is C16H23N3O3. The van der Waals surface area contributed by atoms with Crippen molar-refractivity contribution in [3.8, 4) is 11.5 Å². The van der Waals surface area contributed by atoms with E-state index in [2.05, 4.69) is 22.6 Å². The third-order valence-electron chi connectivity index (χ3n) is 4.86. The molecule has 2 saturated heterocycles. The number of piperidine rings is 1. The number of methoxy groups -OCH3 is 1. The van der Waals surface area contributed by atoms with Gasteiger partial charge in [0, 0.05) is 24.2 Å². The van der Waals surface area contributed by atoms with Crippen LogP contribution in [0.25, 0.3) is 0 Å². The van der Waals surface area contributed by atoms with Crippen molar-refractivity contribution in [1.29, 1.82) is 0 Å². The molecule has 0 radical (unpaired) electrons. The maximum absolute atomic E-state index is 12.2. The Kier molecular flexibility index (Phi) is 4.11. The maximum Gasteiger partial charge on any atom is 0.319 e. The van der Waals surface area contributed by atoms with Crippen molar-refractivity contribution in [3.63, 3.8) is 0 Å². The van der Waals surface area contributed by atoms with Crippen LogP contribution < -0.4 is 15.4 Å². The Labute approximate surface area is 130 Å². The fraction of sp³-hybridized carbons (Fsp3) is 0.562. The molecule has 120 valence electrons. The lowest BCUT2D eigenvalue weighted by molar-refractivity contribution is 0.151. The predicted octanol–water partition coefficient (Wildman–Crippen LogP) is 2.15. The number of carbonyl (C=O) groups excluding carboxylic acids is 1.